The highest BCUT2D eigenvalue weighted by Gasteiger charge is 2.17. The molecular weight excluding hydrogens is 399 g/mol. The molecule has 10 heteroatoms. The second kappa shape index (κ2) is 8.65. The number of rotatable bonds is 6. The van der Waals surface area contributed by atoms with Crippen LogP contribution in [0.3, 0.4) is 0 Å². The van der Waals surface area contributed by atoms with Crippen LogP contribution in [-0.4, -0.2) is 35.5 Å². The molecule has 0 saturated heterocycles. The second-order valence-corrected chi connectivity index (χ2v) is 8.12. The summed E-state index contributed by atoms with van der Waals surface area (Å²) in [6.07, 6.45) is 2.33. The number of carbonyl (C=O) groups excluding carboxylic acids is 2. The molecule has 1 aromatic heterocycles. The van der Waals surface area contributed by atoms with Crippen LogP contribution in [0.2, 0.25) is 0 Å². The molecule has 0 aliphatic carbocycles. The minimum Gasteiger partial charge on any atom is -0.295 e. The Morgan fingerprint density at radius 2 is 1.69 bits per heavy atom. The molecule has 0 bridgehead atoms. The van der Waals surface area contributed by atoms with Crippen LogP contribution in [-0.2, 0) is 14.6 Å². The van der Waals surface area contributed by atoms with Gasteiger partial charge in [0.1, 0.15) is 11.5 Å². The van der Waals surface area contributed by atoms with Crippen molar-refractivity contribution in [2.24, 2.45) is 0 Å². The summed E-state index contributed by atoms with van der Waals surface area (Å²) < 4.78 is 38.8. The maximum Gasteiger partial charge on any atom is 0.288 e. The van der Waals surface area contributed by atoms with E-state index < -0.39 is 33.2 Å². The van der Waals surface area contributed by atoms with Crippen molar-refractivity contribution < 1.29 is 22.4 Å². The van der Waals surface area contributed by atoms with Gasteiger partial charge in [0.05, 0.1) is 23.2 Å². The molecule has 3 aromatic rings. The van der Waals surface area contributed by atoms with Gasteiger partial charge in [-0.3, -0.25) is 25.0 Å². The standard InChI is InChI=1S/C19H17FN4O4S/c20-14-6-8-15(9-7-14)24-13-21-12-17(24)19(26)23-22-18(25)10-11-29(27,28)16-4-2-1-3-5-16/h1-9,12-13H,10-11H2,(H,22,25)(H,23,26). The zero-order valence-corrected chi connectivity index (χ0v) is 15.9. The van der Waals surface area contributed by atoms with Gasteiger partial charge in [-0.15, -0.1) is 0 Å². The van der Waals surface area contributed by atoms with Gasteiger partial charge >= 0.3 is 0 Å². The van der Waals surface area contributed by atoms with E-state index in [1.54, 1.807) is 18.2 Å². The van der Waals surface area contributed by atoms with Crippen molar-refractivity contribution in [2.75, 3.05) is 5.75 Å². The predicted molar refractivity (Wildman–Crippen MR) is 102 cm³/mol. The average Bonchev–Trinajstić information content (AvgIpc) is 3.22. The number of nitrogens with one attached hydrogen (secondary N) is 2. The first-order valence-corrected chi connectivity index (χ1v) is 10.2. The van der Waals surface area contributed by atoms with Crippen LogP contribution in [0.5, 0.6) is 0 Å². The summed E-state index contributed by atoms with van der Waals surface area (Å²) in [4.78, 5) is 28.3. The summed E-state index contributed by atoms with van der Waals surface area (Å²) in [5.74, 6) is -2.14. The molecule has 0 atom stereocenters. The molecule has 8 nitrogen and oxygen atoms in total. The van der Waals surface area contributed by atoms with E-state index >= 15 is 0 Å². The lowest BCUT2D eigenvalue weighted by atomic mass is 10.3. The molecule has 150 valence electrons. The van der Waals surface area contributed by atoms with Crippen LogP contribution in [0.1, 0.15) is 16.9 Å². The number of amides is 2. The largest absolute Gasteiger partial charge is 0.295 e. The van der Waals surface area contributed by atoms with E-state index in [1.165, 1.54) is 53.5 Å². The van der Waals surface area contributed by atoms with Crippen LogP contribution < -0.4 is 10.9 Å². The molecule has 29 heavy (non-hydrogen) atoms. The van der Waals surface area contributed by atoms with E-state index in [2.05, 4.69) is 15.8 Å². The van der Waals surface area contributed by atoms with Crippen molar-refractivity contribution in [1.82, 2.24) is 20.4 Å². The number of halogens is 1. The van der Waals surface area contributed by atoms with E-state index in [-0.39, 0.29) is 17.0 Å². The molecule has 0 saturated carbocycles. The van der Waals surface area contributed by atoms with Crippen molar-refractivity contribution in [3.8, 4) is 5.69 Å². The number of nitrogens with zero attached hydrogens (tertiary/aromatic N) is 2. The van der Waals surface area contributed by atoms with Gasteiger partial charge in [-0.25, -0.2) is 17.8 Å². The fourth-order valence-corrected chi connectivity index (χ4v) is 3.76. The van der Waals surface area contributed by atoms with E-state index in [0.717, 1.165) is 0 Å². The van der Waals surface area contributed by atoms with Crippen LogP contribution in [0.15, 0.2) is 72.0 Å². The third kappa shape index (κ3) is 5.05. The molecule has 2 aromatic carbocycles. The lowest BCUT2D eigenvalue weighted by molar-refractivity contribution is -0.121. The Morgan fingerprint density at radius 3 is 2.38 bits per heavy atom. The Kier molecular flexibility index (Phi) is 6.03. The summed E-state index contributed by atoms with van der Waals surface area (Å²) in [7, 11) is -3.60. The maximum atomic E-state index is 13.1. The fourth-order valence-electron chi connectivity index (χ4n) is 2.50. The van der Waals surface area contributed by atoms with Crippen molar-refractivity contribution in [3.63, 3.8) is 0 Å². The molecule has 0 radical (unpaired) electrons. The van der Waals surface area contributed by atoms with Crippen LogP contribution in [0, 0.1) is 5.82 Å². The van der Waals surface area contributed by atoms with E-state index in [0.29, 0.717) is 5.69 Å². The highest BCUT2D eigenvalue weighted by atomic mass is 32.2. The summed E-state index contributed by atoms with van der Waals surface area (Å²) in [5, 5.41) is 0. The molecule has 0 aliphatic heterocycles. The van der Waals surface area contributed by atoms with E-state index in [1.807, 2.05) is 0 Å². The lowest BCUT2D eigenvalue weighted by Crippen LogP contribution is -2.42. The van der Waals surface area contributed by atoms with Crippen molar-refractivity contribution in [2.45, 2.75) is 11.3 Å². The highest BCUT2D eigenvalue weighted by molar-refractivity contribution is 7.91. The molecular formula is C19H17FN4O4S. The Balaban J connectivity index is 1.57. The van der Waals surface area contributed by atoms with E-state index in [4.69, 9.17) is 0 Å². The fraction of sp³-hybridized carbons (Fsp3) is 0.105. The van der Waals surface area contributed by atoms with Crippen LogP contribution in [0.4, 0.5) is 4.39 Å². The Hall–Kier alpha value is -3.53. The third-order valence-corrected chi connectivity index (χ3v) is 5.72. The van der Waals surface area contributed by atoms with E-state index in [9.17, 15) is 22.4 Å². The topological polar surface area (TPSA) is 110 Å². The molecule has 0 unspecified atom stereocenters. The molecule has 0 spiro atoms. The number of imidazole rings is 1. The van der Waals surface area contributed by atoms with Crippen molar-refractivity contribution in [3.05, 3.63) is 78.6 Å². The normalized spacial score (nSPS) is 11.1. The molecule has 2 N–H and O–H groups in total. The molecule has 0 aliphatic rings. The monoisotopic (exact) mass is 416 g/mol. The van der Waals surface area contributed by atoms with Gasteiger partial charge in [0.2, 0.25) is 5.91 Å². The molecule has 0 fully saturated rings. The summed E-state index contributed by atoms with van der Waals surface area (Å²) in [6.45, 7) is 0. The Morgan fingerprint density at radius 1 is 1.00 bits per heavy atom. The summed E-state index contributed by atoms with van der Waals surface area (Å²) >= 11 is 0. The SMILES string of the molecule is O=C(CCS(=O)(=O)c1ccccc1)NNC(=O)c1cncn1-c1ccc(F)cc1. The Bertz CT molecular complexity index is 1110. The molecule has 2 amide bonds. The zero-order valence-electron chi connectivity index (χ0n) is 15.1. The van der Waals surface area contributed by atoms with Crippen LogP contribution in [0.25, 0.3) is 5.69 Å². The van der Waals surface area contributed by atoms with Gasteiger partial charge in [0, 0.05) is 12.1 Å². The third-order valence-electron chi connectivity index (χ3n) is 3.99. The van der Waals surface area contributed by atoms with Crippen molar-refractivity contribution in [1.29, 1.82) is 0 Å². The first-order chi connectivity index (χ1) is 13.9. The number of hydrogen-bond acceptors (Lipinski definition) is 5. The van der Waals surface area contributed by atoms with Gasteiger partial charge in [0.25, 0.3) is 5.91 Å². The predicted octanol–water partition coefficient (Wildman–Crippen LogP) is 1.64. The first-order valence-electron chi connectivity index (χ1n) is 8.52. The number of carbonyl (C=O) groups is 2. The summed E-state index contributed by atoms with van der Waals surface area (Å²) in [5.41, 5.74) is 5.01. The molecule has 3 rings (SSSR count). The zero-order chi connectivity index (χ0) is 20.9. The molecule has 1 heterocycles. The minimum absolute atomic E-state index is 0.105. The quantitative estimate of drug-likeness (QED) is 0.594. The van der Waals surface area contributed by atoms with Gasteiger partial charge in [-0.1, -0.05) is 18.2 Å². The smallest absolute Gasteiger partial charge is 0.288 e. The number of benzene rings is 2. The highest BCUT2D eigenvalue weighted by Crippen LogP contribution is 2.12. The van der Waals surface area contributed by atoms with Crippen molar-refractivity contribution >= 4 is 21.7 Å². The average molecular weight is 416 g/mol. The second-order valence-electron chi connectivity index (χ2n) is 6.01. The lowest BCUT2D eigenvalue weighted by Gasteiger charge is -2.10. The summed E-state index contributed by atoms with van der Waals surface area (Å²) in [6, 6.07) is 13.2. The minimum atomic E-state index is -3.60. The van der Waals surface area contributed by atoms with Gasteiger partial charge in [-0.05, 0) is 36.4 Å². The van der Waals surface area contributed by atoms with Gasteiger partial charge in [-0.2, -0.15) is 0 Å². The number of sulfone groups is 1. The van der Waals surface area contributed by atoms with Gasteiger partial charge in [0.15, 0.2) is 9.84 Å². The number of aromatic nitrogens is 2. The van der Waals surface area contributed by atoms with Crippen LogP contribution >= 0.6 is 0 Å². The van der Waals surface area contributed by atoms with Gasteiger partial charge < -0.3 is 0 Å². The number of hydrogen-bond donors (Lipinski definition) is 2. The number of hydrazine groups is 1. The first kappa shape index (κ1) is 20.2. The maximum absolute atomic E-state index is 13.1. The Labute approximate surface area is 166 Å².